The lowest BCUT2D eigenvalue weighted by atomic mass is 10.0. The Hall–Kier alpha value is -2.05. The first-order valence-corrected chi connectivity index (χ1v) is 11.1. The molecule has 1 fully saturated rings. The number of likely N-dealkylation sites (tertiary alicyclic amines) is 1. The first-order chi connectivity index (χ1) is 14.7. The van der Waals surface area contributed by atoms with Crippen LogP contribution in [0.25, 0.3) is 6.08 Å². The number of hydrogen-bond donors (Lipinski definition) is 1. The standard InChI is InChI=1S/C23H24Cl3N3O2/c1-28-11-9-17(10-12-28)29(2)23(31)18-14-16(24)5-7-21(18)27-22(30)8-4-15-3-6-19(25)20(26)13-15/h3-8,13-14,17H,9-12H2,1-2H3,(H,27,30)/b8-4+. The third kappa shape index (κ3) is 6.23. The number of nitrogens with zero attached hydrogens (tertiary/aromatic N) is 2. The maximum Gasteiger partial charge on any atom is 0.256 e. The van der Waals surface area contributed by atoms with Crippen LogP contribution in [0.1, 0.15) is 28.8 Å². The third-order valence-corrected chi connectivity index (χ3v) is 6.37. The molecule has 3 rings (SSSR count). The fourth-order valence-corrected chi connectivity index (χ4v) is 3.98. The molecular weight excluding hydrogens is 457 g/mol. The Morgan fingerprint density at radius 3 is 2.45 bits per heavy atom. The maximum atomic E-state index is 13.2. The maximum absolute atomic E-state index is 13.2. The Bertz CT molecular complexity index is 1000. The second kappa shape index (κ2) is 10.5. The Balaban J connectivity index is 1.74. The van der Waals surface area contributed by atoms with Gasteiger partial charge in [-0.25, -0.2) is 0 Å². The molecule has 164 valence electrons. The number of hydrogen-bond acceptors (Lipinski definition) is 3. The molecule has 1 aliphatic heterocycles. The highest BCUT2D eigenvalue weighted by Gasteiger charge is 2.26. The number of nitrogens with one attached hydrogen (secondary N) is 1. The topological polar surface area (TPSA) is 52.6 Å². The van der Waals surface area contributed by atoms with Gasteiger partial charge >= 0.3 is 0 Å². The van der Waals surface area contributed by atoms with Gasteiger partial charge in [-0.3, -0.25) is 9.59 Å². The van der Waals surface area contributed by atoms with Crippen LogP contribution in [0, 0.1) is 0 Å². The molecule has 1 N–H and O–H groups in total. The number of anilines is 1. The Kier molecular flexibility index (Phi) is 8.00. The van der Waals surface area contributed by atoms with E-state index in [0.717, 1.165) is 31.5 Å². The summed E-state index contributed by atoms with van der Waals surface area (Å²) >= 11 is 18.1. The van der Waals surface area contributed by atoms with Gasteiger partial charge in [0.05, 0.1) is 21.3 Å². The van der Waals surface area contributed by atoms with Crippen LogP contribution in [-0.4, -0.2) is 54.8 Å². The molecule has 1 saturated heterocycles. The van der Waals surface area contributed by atoms with E-state index in [4.69, 9.17) is 34.8 Å². The first-order valence-electron chi connectivity index (χ1n) is 9.94. The summed E-state index contributed by atoms with van der Waals surface area (Å²) in [6, 6.07) is 10.1. The van der Waals surface area contributed by atoms with Gasteiger partial charge in [0, 0.05) is 24.2 Å². The summed E-state index contributed by atoms with van der Waals surface area (Å²) in [6.45, 7) is 1.89. The van der Waals surface area contributed by atoms with E-state index in [1.54, 1.807) is 54.4 Å². The number of benzene rings is 2. The van der Waals surface area contributed by atoms with Crippen LogP contribution in [0.3, 0.4) is 0 Å². The average Bonchev–Trinajstić information content (AvgIpc) is 2.75. The zero-order valence-electron chi connectivity index (χ0n) is 17.4. The molecule has 2 aromatic carbocycles. The van der Waals surface area contributed by atoms with Crippen LogP contribution in [-0.2, 0) is 4.79 Å². The fourth-order valence-electron chi connectivity index (χ4n) is 3.50. The van der Waals surface area contributed by atoms with E-state index in [9.17, 15) is 9.59 Å². The molecule has 0 bridgehead atoms. The zero-order chi connectivity index (χ0) is 22.5. The monoisotopic (exact) mass is 479 g/mol. The van der Waals surface area contributed by atoms with E-state index in [2.05, 4.69) is 17.3 Å². The van der Waals surface area contributed by atoms with Gasteiger partial charge in [0.2, 0.25) is 5.91 Å². The molecule has 0 aliphatic carbocycles. The molecule has 0 saturated carbocycles. The van der Waals surface area contributed by atoms with Crippen LogP contribution in [0.15, 0.2) is 42.5 Å². The Labute approximate surface area is 197 Å². The lowest BCUT2D eigenvalue weighted by molar-refractivity contribution is -0.111. The molecular formula is C23H24Cl3N3O2. The third-order valence-electron chi connectivity index (χ3n) is 5.40. The minimum Gasteiger partial charge on any atom is -0.339 e. The number of halogens is 3. The van der Waals surface area contributed by atoms with Crippen molar-refractivity contribution in [3.8, 4) is 0 Å². The molecule has 8 heteroatoms. The number of carbonyl (C=O) groups is 2. The molecule has 0 spiro atoms. The molecule has 1 aliphatic rings. The summed E-state index contributed by atoms with van der Waals surface area (Å²) in [7, 11) is 3.88. The van der Waals surface area contributed by atoms with Crippen molar-refractivity contribution in [1.82, 2.24) is 9.80 Å². The molecule has 31 heavy (non-hydrogen) atoms. The summed E-state index contributed by atoms with van der Waals surface area (Å²) in [6.07, 6.45) is 4.82. The van der Waals surface area contributed by atoms with Crippen molar-refractivity contribution in [1.29, 1.82) is 0 Å². The van der Waals surface area contributed by atoms with Gasteiger partial charge in [0.15, 0.2) is 0 Å². The average molecular weight is 481 g/mol. The highest BCUT2D eigenvalue weighted by Crippen LogP contribution is 2.25. The lowest BCUT2D eigenvalue weighted by Crippen LogP contribution is -2.44. The Morgan fingerprint density at radius 2 is 1.77 bits per heavy atom. The van der Waals surface area contributed by atoms with E-state index in [1.807, 2.05) is 0 Å². The molecule has 0 radical (unpaired) electrons. The Morgan fingerprint density at radius 1 is 1.06 bits per heavy atom. The molecule has 2 amide bonds. The fraction of sp³-hybridized carbons (Fsp3) is 0.304. The zero-order valence-corrected chi connectivity index (χ0v) is 19.6. The lowest BCUT2D eigenvalue weighted by Gasteiger charge is -2.35. The predicted molar refractivity (Wildman–Crippen MR) is 128 cm³/mol. The second-order valence-electron chi connectivity index (χ2n) is 7.64. The van der Waals surface area contributed by atoms with Gasteiger partial charge in [-0.15, -0.1) is 0 Å². The van der Waals surface area contributed by atoms with Gasteiger partial charge in [-0.1, -0.05) is 40.9 Å². The summed E-state index contributed by atoms with van der Waals surface area (Å²) < 4.78 is 0. The van der Waals surface area contributed by atoms with E-state index in [1.165, 1.54) is 6.08 Å². The number of rotatable bonds is 5. The SMILES string of the molecule is CN1CCC(N(C)C(=O)c2cc(Cl)ccc2NC(=O)/C=C/c2ccc(Cl)c(Cl)c2)CC1. The summed E-state index contributed by atoms with van der Waals surface area (Å²) in [5, 5.41) is 4.07. The van der Waals surface area contributed by atoms with E-state index in [0.29, 0.717) is 26.3 Å². The predicted octanol–water partition coefficient (Wildman–Crippen LogP) is 5.46. The van der Waals surface area contributed by atoms with Gasteiger partial charge in [0.1, 0.15) is 0 Å². The van der Waals surface area contributed by atoms with Crippen LogP contribution in [0.5, 0.6) is 0 Å². The highest BCUT2D eigenvalue weighted by atomic mass is 35.5. The summed E-state index contributed by atoms with van der Waals surface area (Å²) in [4.78, 5) is 29.7. The van der Waals surface area contributed by atoms with Crippen LogP contribution < -0.4 is 5.32 Å². The van der Waals surface area contributed by atoms with Gasteiger partial charge in [0.25, 0.3) is 5.91 Å². The smallest absolute Gasteiger partial charge is 0.256 e. The largest absolute Gasteiger partial charge is 0.339 e. The van der Waals surface area contributed by atoms with Crippen molar-refractivity contribution in [2.75, 3.05) is 32.5 Å². The second-order valence-corrected chi connectivity index (χ2v) is 8.89. The van der Waals surface area contributed by atoms with E-state index >= 15 is 0 Å². The van der Waals surface area contributed by atoms with E-state index in [-0.39, 0.29) is 17.9 Å². The van der Waals surface area contributed by atoms with Gasteiger partial charge in [-0.2, -0.15) is 0 Å². The molecule has 2 aromatic rings. The molecule has 1 heterocycles. The van der Waals surface area contributed by atoms with Crippen molar-refractivity contribution in [2.24, 2.45) is 0 Å². The first kappa shape index (κ1) is 23.6. The molecule has 0 aromatic heterocycles. The van der Waals surface area contributed by atoms with Crippen molar-refractivity contribution >= 4 is 58.4 Å². The minimum absolute atomic E-state index is 0.154. The van der Waals surface area contributed by atoms with Crippen LogP contribution >= 0.6 is 34.8 Å². The van der Waals surface area contributed by atoms with Crippen molar-refractivity contribution in [3.05, 3.63) is 68.7 Å². The number of carbonyl (C=O) groups excluding carboxylic acids is 2. The van der Waals surface area contributed by atoms with E-state index < -0.39 is 0 Å². The quantitative estimate of drug-likeness (QED) is 0.578. The molecule has 0 unspecified atom stereocenters. The highest BCUT2D eigenvalue weighted by molar-refractivity contribution is 6.42. The number of piperidine rings is 1. The molecule has 0 atom stereocenters. The minimum atomic E-state index is -0.371. The molecule has 5 nitrogen and oxygen atoms in total. The number of amides is 2. The van der Waals surface area contributed by atoms with Crippen molar-refractivity contribution in [3.63, 3.8) is 0 Å². The van der Waals surface area contributed by atoms with Crippen LogP contribution in [0.4, 0.5) is 5.69 Å². The van der Waals surface area contributed by atoms with Gasteiger partial charge in [-0.05, 0) is 75.0 Å². The van der Waals surface area contributed by atoms with Gasteiger partial charge < -0.3 is 15.1 Å². The van der Waals surface area contributed by atoms with Crippen molar-refractivity contribution < 1.29 is 9.59 Å². The van der Waals surface area contributed by atoms with Crippen molar-refractivity contribution in [2.45, 2.75) is 18.9 Å². The summed E-state index contributed by atoms with van der Waals surface area (Å²) in [5.74, 6) is -0.537. The normalized spacial score (nSPS) is 15.3. The van der Waals surface area contributed by atoms with Crippen LogP contribution in [0.2, 0.25) is 15.1 Å². The summed E-state index contributed by atoms with van der Waals surface area (Å²) in [5.41, 5.74) is 1.52.